The van der Waals surface area contributed by atoms with Crippen LogP contribution in [-0.2, 0) is 5.41 Å². The van der Waals surface area contributed by atoms with Crippen molar-refractivity contribution in [2.75, 3.05) is 0 Å². The van der Waals surface area contributed by atoms with Crippen LogP contribution in [0.4, 0.5) is 0 Å². The molecule has 3 heterocycles. The predicted molar refractivity (Wildman–Crippen MR) is 125 cm³/mol. The number of hydrogen-bond donors (Lipinski definition) is 0. The van der Waals surface area contributed by atoms with E-state index in [9.17, 15) is 9.59 Å². The minimum absolute atomic E-state index is 0.123. The van der Waals surface area contributed by atoms with Crippen LogP contribution in [-0.4, -0.2) is 21.5 Å². The normalized spacial score (nSPS) is 13.0. The Morgan fingerprint density at radius 2 is 1.03 bits per heavy atom. The second-order valence-corrected chi connectivity index (χ2v) is 9.10. The van der Waals surface area contributed by atoms with Gasteiger partial charge in [-0.3, -0.25) is 9.59 Å². The first-order chi connectivity index (χ1) is 15.3. The van der Waals surface area contributed by atoms with E-state index < -0.39 is 0 Å². The van der Waals surface area contributed by atoms with Gasteiger partial charge in [0.15, 0.2) is 5.78 Å². The monoisotopic (exact) mass is 418 g/mol. The molecule has 2 aromatic heterocycles. The summed E-state index contributed by atoms with van der Waals surface area (Å²) in [5.41, 5.74) is 5.46. The van der Waals surface area contributed by atoms with Gasteiger partial charge in [-0.15, -0.1) is 0 Å². The molecule has 0 saturated carbocycles. The molecule has 4 nitrogen and oxygen atoms in total. The van der Waals surface area contributed by atoms with Crippen LogP contribution in [0.5, 0.6) is 0 Å². The van der Waals surface area contributed by atoms with E-state index in [1.165, 1.54) is 0 Å². The lowest BCUT2D eigenvalue weighted by Crippen LogP contribution is -2.16. The highest BCUT2D eigenvalue weighted by Gasteiger charge is 2.22. The van der Waals surface area contributed by atoms with E-state index in [0.717, 1.165) is 16.8 Å². The van der Waals surface area contributed by atoms with Gasteiger partial charge in [-0.05, 0) is 59.5 Å². The fourth-order valence-corrected chi connectivity index (χ4v) is 3.90. The van der Waals surface area contributed by atoms with Crippen LogP contribution in [0.25, 0.3) is 22.6 Å². The van der Waals surface area contributed by atoms with Gasteiger partial charge in [0.25, 0.3) is 0 Å². The first-order valence-electron chi connectivity index (χ1n) is 10.6. The highest BCUT2D eigenvalue weighted by molar-refractivity contribution is 6.13. The van der Waals surface area contributed by atoms with Crippen LogP contribution in [0.3, 0.4) is 0 Å². The number of fused-ring (bicyclic) bond motifs is 10. The third kappa shape index (κ3) is 3.54. The largest absolute Gasteiger partial charge is 0.289 e. The molecule has 8 bridgehead atoms. The minimum atomic E-state index is -0.227. The molecule has 5 rings (SSSR count). The summed E-state index contributed by atoms with van der Waals surface area (Å²) in [7, 11) is 0. The average molecular weight is 418 g/mol. The topological polar surface area (TPSA) is 59.9 Å². The standard InChI is InChI=1S/C28H22N2O2/c1-28(2,3)21-15-19-14-20(16-21)27(32)25-12-6-11-24(30-25)23-10-5-9-22(29-23)17-7-4-8-18(13-17)26(19)31/h4-16H,1-3H3. The zero-order valence-corrected chi connectivity index (χ0v) is 18.2. The fourth-order valence-electron chi connectivity index (χ4n) is 3.90. The molecule has 0 radical (unpaired) electrons. The Balaban J connectivity index is 1.83. The molecular weight excluding hydrogens is 396 g/mol. The lowest BCUT2D eigenvalue weighted by molar-refractivity contribution is 0.103. The molecule has 0 saturated heterocycles. The Kier molecular flexibility index (Phi) is 4.59. The smallest absolute Gasteiger partial charge is 0.211 e. The first-order valence-corrected chi connectivity index (χ1v) is 10.6. The van der Waals surface area contributed by atoms with Gasteiger partial charge in [0.2, 0.25) is 5.78 Å². The molecule has 0 atom stereocenters. The van der Waals surface area contributed by atoms with Crippen molar-refractivity contribution in [3.63, 3.8) is 0 Å². The van der Waals surface area contributed by atoms with E-state index in [2.05, 4.69) is 25.8 Å². The lowest BCUT2D eigenvalue weighted by Gasteiger charge is -2.21. The number of benzene rings is 2. The maximum atomic E-state index is 13.5. The molecule has 156 valence electrons. The third-order valence-corrected chi connectivity index (χ3v) is 5.74. The summed E-state index contributed by atoms with van der Waals surface area (Å²) in [4.78, 5) is 36.3. The number of rotatable bonds is 0. The molecule has 0 unspecified atom stereocenters. The Labute approximate surface area is 187 Å². The Hall–Kier alpha value is -3.92. The van der Waals surface area contributed by atoms with Crippen molar-refractivity contribution in [2.24, 2.45) is 0 Å². The summed E-state index contributed by atoms with van der Waals surface area (Å²) in [6.45, 7) is 6.21. The molecule has 0 N–H and O–H groups in total. The zero-order chi connectivity index (χ0) is 22.5. The molecule has 0 amide bonds. The Morgan fingerprint density at radius 3 is 1.72 bits per heavy atom. The molecule has 32 heavy (non-hydrogen) atoms. The van der Waals surface area contributed by atoms with Gasteiger partial charge in [-0.2, -0.15) is 0 Å². The van der Waals surface area contributed by atoms with E-state index in [0.29, 0.717) is 33.8 Å². The number of aromatic nitrogens is 2. The molecule has 4 heteroatoms. The summed E-state index contributed by atoms with van der Waals surface area (Å²) in [6.07, 6.45) is 0. The van der Waals surface area contributed by atoms with Crippen LogP contribution in [0, 0.1) is 0 Å². The lowest BCUT2D eigenvalue weighted by atomic mass is 9.83. The molecule has 1 aliphatic rings. The van der Waals surface area contributed by atoms with E-state index in [-0.39, 0.29) is 17.0 Å². The fraction of sp³-hybridized carbons (Fsp3) is 0.143. The summed E-state index contributed by atoms with van der Waals surface area (Å²) in [6, 6.07) is 24.0. The second kappa shape index (κ2) is 7.34. The summed E-state index contributed by atoms with van der Waals surface area (Å²) >= 11 is 0. The number of hydrogen-bond acceptors (Lipinski definition) is 4. The number of pyridine rings is 2. The highest BCUT2D eigenvalue weighted by Crippen LogP contribution is 2.29. The van der Waals surface area contributed by atoms with Gasteiger partial charge >= 0.3 is 0 Å². The maximum Gasteiger partial charge on any atom is 0.211 e. The van der Waals surface area contributed by atoms with Gasteiger partial charge < -0.3 is 0 Å². The van der Waals surface area contributed by atoms with Gasteiger partial charge in [-0.25, -0.2) is 9.97 Å². The predicted octanol–water partition coefficient (Wildman–Crippen LogP) is 5.88. The van der Waals surface area contributed by atoms with E-state index in [1.807, 2.05) is 60.7 Å². The number of ketones is 2. The zero-order valence-electron chi connectivity index (χ0n) is 18.2. The SMILES string of the molecule is CC(C)(C)c1cc2cc(c1)C(=O)c1cccc(n1)-c1cccc(n1)-c1cccc(c1)C2=O. The summed E-state index contributed by atoms with van der Waals surface area (Å²) < 4.78 is 0. The van der Waals surface area contributed by atoms with Crippen molar-refractivity contribution in [3.05, 3.63) is 107 Å². The highest BCUT2D eigenvalue weighted by atomic mass is 16.1. The van der Waals surface area contributed by atoms with Crippen LogP contribution in [0.2, 0.25) is 0 Å². The third-order valence-electron chi connectivity index (χ3n) is 5.74. The molecule has 0 spiro atoms. The van der Waals surface area contributed by atoms with Crippen molar-refractivity contribution in [1.82, 2.24) is 9.97 Å². The number of carbonyl (C=O) groups is 2. The van der Waals surface area contributed by atoms with Crippen LogP contribution >= 0.6 is 0 Å². The average Bonchev–Trinajstić information content (AvgIpc) is 2.82. The van der Waals surface area contributed by atoms with Gasteiger partial charge in [0.05, 0.1) is 17.1 Å². The van der Waals surface area contributed by atoms with Crippen molar-refractivity contribution < 1.29 is 9.59 Å². The Morgan fingerprint density at radius 1 is 0.531 bits per heavy atom. The quantitative estimate of drug-likeness (QED) is 0.315. The molecule has 4 aromatic rings. The van der Waals surface area contributed by atoms with E-state index in [1.54, 1.807) is 18.2 Å². The second-order valence-electron chi connectivity index (χ2n) is 9.10. The van der Waals surface area contributed by atoms with Gasteiger partial charge in [0.1, 0.15) is 5.69 Å². The van der Waals surface area contributed by atoms with Crippen molar-refractivity contribution in [1.29, 1.82) is 0 Å². The van der Waals surface area contributed by atoms with Crippen molar-refractivity contribution >= 4 is 11.6 Å². The maximum absolute atomic E-state index is 13.5. The number of carbonyl (C=O) groups excluding carboxylic acids is 2. The Bertz CT molecular complexity index is 1300. The molecular formula is C28H22N2O2. The van der Waals surface area contributed by atoms with E-state index in [4.69, 9.17) is 4.98 Å². The van der Waals surface area contributed by atoms with Crippen molar-refractivity contribution in [3.8, 4) is 22.6 Å². The van der Waals surface area contributed by atoms with Gasteiger partial charge in [0, 0.05) is 22.3 Å². The van der Waals surface area contributed by atoms with Crippen LogP contribution < -0.4 is 0 Å². The molecule has 1 aliphatic heterocycles. The van der Waals surface area contributed by atoms with E-state index >= 15 is 0 Å². The van der Waals surface area contributed by atoms with Crippen LogP contribution in [0.1, 0.15) is 58.3 Å². The van der Waals surface area contributed by atoms with Gasteiger partial charge in [-0.1, -0.05) is 51.1 Å². The van der Waals surface area contributed by atoms with Crippen LogP contribution in [0.15, 0.2) is 78.9 Å². The van der Waals surface area contributed by atoms with Crippen molar-refractivity contribution in [2.45, 2.75) is 26.2 Å². The molecule has 0 aliphatic carbocycles. The minimum Gasteiger partial charge on any atom is -0.289 e. The molecule has 0 fully saturated rings. The molecule has 2 aromatic carbocycles. The first kappa shape index (κ1) is 20.0. The summed E-state index contributed by atoms with van der Waals surface area (Å²) in [5.74, 6) is -0.337. The number of nitrogens with zero attached hydrogens (tertiary/aromatic N) is 2. The summed E-state index contributed by atoms with van der Waals surface area (Å²) in [5, 5.41) is 0.